The molecule has 0 aliphatic carbocycles. The number of rotatable bonds is 7. The van der Waals surface area contributed by atoms with Gasteiger partial charge in [0.15, 0.2) is 0 Å². The van der Waals surface area contributed by atoms with Crippen LogP contribution < -0.4 is 15.8 Å². The summed E-state index contributed by atoms with van der Waals surface area (Å²) in [5.74, 6) is 0.455. The van der Waals surface area contributed by atoms with Gasteiger partial charge in [-0.3, -0.25) is 4.79 Å². The zero-order valence-corrected chi connectivity index (χ0v) is 12.7. The van der Waals surface area contributed by atoms with Crippen LogP contribution in [0.4, 0.5) is 5.69 Å². The molecule has 1 aromatic carbocycles. The molecule has 1 aromatic rings. The lowest BCUT2D eigenvalue weighted by molar-refractivity contribution is -0.117. The van der Waals surface area contributed by atoms with Gasteiger partial charge in [-0.1, -0.05) is 0 Å². The van der Waals surface area contributed by atoms with Gasteiger partial charge in [0.25, 0.3) is 0 Å². The van der Waals surface area contributed by atoms with Crippen LogP contribution in [0.3, 0.4) is 0 Å². The first-order chi connectivity index (χ1) is 9.08. The van der Waals surface area contributed by atoms with Gasteiger partial charge in [-0.05, 0) is 40.9 Å². The summed E-state index contributed by atoms with van der Waals surface area (Å²) in [5.41, 5.74) is 6.46. The normalized spacial score (nSPS) is 12.0. The molecule has 1 rings (SSSR count). The summed E-state index contributed by atoms with van der Waals surface area (Å²) in [4.78, 5) is 11.9. The third-order valence-electron chi connectivity index (χ3n) is 2.63. The Morgan fingerprint density at radius 2 is 2.21 bits per heavy atom. The van der Waals surface area contributed by atoms with E-state index in [2.05, 4.69) is 21.2 Å². The standard InChI is InChI=1S/C13H19BrN2O3/c1-18-7-3-4-11(15)13(17)16-12-8-9(19-2)5-6-10(12)14/h5-6,8,11H,3-4,7,15H2,1-2H3,(H,16,17). The van der Waals surface area contributed by atoms with Crippen molar-refractivity contribution in [3.8, 4) is 5.75 Å². The van der Waals surface area contributed by atoms with E-state index in [4.69, 9.17) is 15.2 Å². The average molecular weight is 331 g/mol. The first kappa shape index (κ1) is 15.9. The molecule has 106 valence electrons. The number of halogens is 1. The summed E-state index contributed by atoms with van der Waals surface area (Å²) in [6, 6.07) is 4.81. The average Bonchev–Trinajstić information content (AvgIpc) is 2.41. The topological polar surface area (TPSA) is 73.6 Å². The third kappa shape index (κ3) is 5.18. The Morgan fingerprint density at radius 1 is 1.47 bits per heavy atom. The molecule has 19 heavy (non-hydrogen) atoms. The van der Waals surface area contributed by atoms with Crippen LogP contribution in [-0.2, 0) is 9.53 Å². The van der Waals surface area contributed by atoms with Gasteiger partial charge in [-0.15, -0.1) is 0 Å². The highest BCUT2D eigenvalue weighted by Crippen LogP contribution is 2.27. The molecule has 0 spiro atoms. The predicted molar refractivity (Wildman–Crippen MR) is 78.4 cm³/mol. The van der Waals surface area contributed by atoms with Crippen LogP contribution in [-0.4, -0.2) is 32.8 Å². The zero-order chi connectivity index (χ0) is 14.3. The molecule has 0 radical (unpaired) electrons. The van der Waals surface area contributed by atoms with E-state index >= 15 is 0 Å². The summed E-state index contributed by atoms with van der Waals surface area (Å²) in [6.45, 7) is 0.601. The number of carbonyl (C=O) groups is 1. The van der Waals surface area contributed by atoms with Crippen molar-refractivity contribution in [2.75, 3.05) is 26.1 Å². The van der Waals surface area contributed by atoms with Gasteiger partial charge in [0, 0.05) is 24.3 Å². The monoisotopic (exact) mass is 330 g/mol. The molecule has 5 nitrogen and oxygen atoms in total. The van der Waals surface area contributed by atoms with Gasteiger partial charge in [0.1, 0.15) is 5.75 Å². The Kier molecular flexibility index (Phi) is 6.83. The van der Waals surface area contributed by atoms with Crippen LogP contribution in [0.25, 0.3) is 0 Å². The minimum Gasteiger partial charge on any atom is -0.497 e. The Bertz CT molecular complexity index is 426. The molecule has 3 N–H and O–H groups in total. The van der Waals surface area contributed by atoms with Gasteiger partial charge in [-0.2, -0.15) is 0 Å². The van der Waals surface area contributed by atoms with E-state index in [-0.39, 0.29) is 5.91 Å². The highest BCUT2D eigenvalue weighted by molar-refractivity contribution is 9.10. The van der Waals surface area contributed by atoms with Gasteiger partial charge >= 0.3 is 0 Å². The Balaban J connectivity index is 2.60. The maximum absolute atomic E-state index is 11.9. The fourth-order valence-corrected chi connectivity index (χ4v) is 1.88. The molecule has 1 unspecified atom stereocenters. The number of amides is 1. The van der Waals surface area contributed by atoms with Crippen molar-refractivity contribution in [2.45, 2.75) is 18.9 Å². The fraction of sp³-hybridized carbons (Fsp3) is 0.462. The van der Waals surface area contributed by atoms with Crippen LogP contribution in [0.1, 0.15) is 12.8 Å². The maximum Gasteiger partial charge on any atom is 0.241 e. The molecule has 0 saturated carbocycles. The molecule has 0 bridgehead atoms. The van der Waals surface area contributed by atoms with Crippen LogP contribution in [0.5, 0.6) is 5.75 Å². The molecule has 6 heteroatoms. The first-order valence-corrected chi connectivity index (χ1v) is 6.76. The molecule has 1 amide bonds. The third-order valence-corrected chi connectivity index (χ3v) is 3.32. The highest BCUT2D eigenvalue weighted by Gasteiger charge is 2.14. The van der Waals surface area contributed by atoms with Gasteiger partial charge in [0.2, 0.25) is 5.91 Å². The van der Waals surface area contributed by atoms with Crippen molar-refractivity contribution in [3.05, 3.63) is 22.7 Å². The summed E-state index contributed by atoms with van der Waals surface area (Å²) in [6.07, 6.45) is 1.34. The van der Waals surface area contributed by atoms with Crippen LogP contribution >= 0.6 is 15.9 Å². The number of carbonyl (C=O) groups excluding carboxylic acids is 1. The second kappa shape index (κ2) is 8.14. The molecule has 0 fully saturated rings. The first-order valence-electron chi connectivity index (χ1n) is 5.97. The number of nitrogens with two attached hydrogens (primary N) is 1. The van der Waals surface area contributed by atoms with Gasteiger partial charge < -0.3 is 20.5 Å². The van der Waals surface area contributed by atoms with Crippen molar-refractivity contribution in [1.29, 1.82) is 0 Å². The summed E-state index contributed by atoms with van der Waals surface area (Å²) < 4.78 is 10.8. The second-order valence-corrected chi connectivity index (χ2v) is 4.93. The lowest BCUT2D eigenvalue weighted by Gasteiger charge is -2.13. The minimum atomic E-state index is -0.548. The summed E-state index contributed by atoms with van der Waals surface area (Å²) in [5, 5.41) is 2.78. The van der Waals surface area contributed by atoms with Gasteiger partial charge in [-0.25, -0.2) is 0 Å². The fourth-order valence-electron chi connectivity index (χ4n) is 1.53. The second-order valence-electron chi connectivity index (χ2n) is 4.08. The van der Waals surface area contributed by atoms with Crippen molar-refractivity contribution in [3.63, 3.8) is 0 Å². The van der Waals surface area contributed by atoms with Crippen molar-refractivity contribution in [1.82, 2.24) is 0 Å². The van der Waals surface area contributed by atoms with Crippen molar-refractivity contribution >= 4 is 27.5 Å². The van der Waals surface area contributed by atoms with E-state index in [1.165, 1.54) is 0 Å². The number of nitrogens with one attached hydrogen (secondary N) is 1. The largest absolute Gasteiger partial charge is 0.497 e. The summed E-state index contributed by atoms with van der Waals surface area (Å²) in [7, 11) is 3.20. The molecular formula is C13H19BrN2O3. The molecule has 0 aliphatic rings. The lowest BCUT2D eigenvalue weighted by atomic mass is 10.1. The molecule has 0 heterocycles. The zero-order valence-electron chi connectivity index (χ0n) is 11.1. The van der Waals surface area contributed by atoms with E-state index in [1.54, 1.807) is 26.4 Å². The van der Waals surface area contributed by atoms with Crippen molar-refractivity contribution < 1.29 is 14.3 Å². The lowest BCUT2D eigenvalue weighted by Crippen LogP contribution is -2.35. The van der Waals surface area contributed by atoms with Crippen LogP contribution in [0.15, 0.2) is 22.7 Å². The van der Waals surface area contributed by atoms with E-state index in [1.807, 2.05) is 6.07 Å². The molecule has 1 atom stereocenters. The quantitative estimate of drug-likeness (QED) is 0.751. The van der Waals surface area contributed by atoms with E-state index in [0.29, 0.717) is 24.5 Å². The number of benzene rings is 1. The van der Waals surface area contributed by atoms with Crippen molar-refractivity contribution in [2.24, 2.45) is 5.73 Å². The van der Waals surface area contributed by atoms with Gasteiger partial charge in [0.05, 0.1) is 18.8 Å². The van der Waals surface area contributed by atoms with E-state index < -0.39 is 6.04 Å². The SMILES string of the molecule is COCCCC(N)C(=O)Nc1cc(OC)ccc1Br. The molecule has 0 aromatic heterocycles. The molecular weight excluding hydrogens is 312 g/mol. The maximum atomic E-state index is 11.9. The number of ether oxygens (including phenoxy) is 2. The van der Waals surface area contributed by atoms with Crippen LogP contribution in [0, 0.1) is 0 Å². The molecule has 0 saturated heterocycles. The van der Waals surface area contributed by atoms with E-state index in [0.717, 1.165) is 10.9 Å². The Morgan fingerprint density at radius 3 is 2.84 bits per heavy atom. The highest BCUT2D eigenvalue weighted by atomic mass is 79.9. The van der Waals surface area contributed by atoms with E-state index in [9.17, 15) is 4.79 Å². The number of hydrogen-bond donors (Lipinski definition) is 2. The number of hydrogen-bond acceptors (Lipinski definition) is 4. The number of anilines is 1. The number of methoxy groups -OCH3 is 2. The smallest absolute Gasteiger partial charge is 0.241 e. The minimum absolute atomic E-state index is 0.218. The summed E-state index contributed by atoms with van der Waals surface area (Å²) >= 11 is 3.37. The Hall–Kier alpha value is -1.11. The Labute approximate surface area is 121 Å². The predicted octanol–water partition coefficient (Wildman–Crippen LogP) is 2.15. The van der Waals surface area contributed by atoms with Crippen LogP contribution in [0.2, 0.25) is 0 Å². The molecule has 0 aliphatic heterocycles.